The highest BCUT2D eigenvalue weighted by atomic mass is 16.4. The molecule has 3 aliphatic rings. The number of anilines is 2. The SMILES string of the molecule is Nc1ccc(C2N=C3C=NC=CN3C2Nc2ccc3c(c2)CC/C3=N\O)cn1. The number of aromatic nitrogens is 1. The fourth-order valence-corrected chi connectivity index (χ4v) is 3.89. The van der Waals surface area contributed by atoms with E-state index < -0.39 is 0 Å². The Morgan fingerprint density at radius 1 is 1.21 bits per heavy atom. The molecule has 8 nitrogen and oxygen atoms in total. The molecule has 2 unspecified atom stereocenters. The van der Waals surface area contributed by atoms with E-state index in [1.165, 1.54) is 5.56 Å². The number of benzene rings is 1. The van der Waals surface area contributed by atoms with Gasteiger partial charge in [0.15, 0.2) is 0 Å². The highest BCUT2D eigenvalue weighted by Crippen LogP contribution is 2.34. The van der Waals surface area contributed by atoms with Crippen molar-refractivity contribution >= 4 is 29.3 Å². The van der Waals surface area contributed by atoms with E-state index in [4.69, 9.17) is 15.9 Å². The first kappa shape index (κ1) is 16.5. The number of aliphatic imine (C=N–C) groups is 2. The molecule has 0 amide bonds. The van der Waals surface area contributed by atoms with E-state index in [9.17, 15) is 0 Å². The van der Waals surface area contributed by atoms with Gasteiger partial charge < -0.3 is 21.2 Å². The van der Waals surface area contributed by atoms with E-state index in [1.54, 1.807) is 24.7 Å². The number of nitrogens with one attached hydrogen (secondary N) is 1. The first-order valence-electron chi connectivity index (χ1n) is 9.11. The zero-order valence-corrected chi connectivity index (χ0v) is 15.0. The van der Waals surface area contributed by atoms with E-state index in [1.807, 2.05) is 24.4 Å². The topological polar surface area (TPSA) is 111 Å². The summed E-state index contributed by atoms with van der Waals surface area (Å²) in [5, 5.41) is 16.1. The van der Waals surface area contributed by atoms with E-state index in [0.29, 0.717) is 5.82 Å². The molecular formula is C20H19N7O. The van der Waals surface area contributed by atoms with Crippen LogP contribution in [-0.2, 0) is 6.42 Å². The Kier molecular flexibility index (Phi) is 3.82. The van der Waals surface area contributed by atoms with Gasteiger partial charge in [0.05, 0.1) is 11.9 Å². The molecule has 2 aromatic rings. The van der Waals surface area contributed by atoms with E-state index >= 15 is 0 Å². The molecule has 1 aromatic heterocycles. The van der Waals surface area contributed by atoms with Crippen LogP contribution in [0.5, 0.6) is 0 Å². The maximum absolute atomic E-state index is 9.14. The summed E-state index contributed by atoms with van der Waals surface area (Å²) in [5.41, 5.74) is 10.6. The normalized spacial score (nSPS) is 23.6. The average Bonchev–Trinajstić information content (AvgIpc) is 3.30. The summed E-state index contributed by atoms with van der Waals surface area (Å²) >= 11 is 0. The predicted octanol–water partition coefficient (Wildman–Crippen LogP) is 2.54. The van der Waals surface area contributed by atoms with Crippen molar-refractivity contribution in [2.75, 3.05) is 11.1 Å². The van der Waals surface area contributed by atoms with Gasteiger partial charge in [-0.25, -0.2) is 4.98 Å². The molecule has 1 aliphatic carbocycles. The fraction of sp³-hybridized carbons (Fsp3) is 0.200. The second-order valence-electron chi connectivity index (χ2n) is 6.94. The number of fused-ring (bicyclic) bond motifs is 2. The van der Waals surface area contributed by atoms with Gasteiger partial charge in [-0.1, -0.05) is 17.3 Å². The second-order valence-corrected chi connectivity index (χ2v) is 6.94. The first-order chi connectivity index (χ1) is 13.7. The Morgan fingerprint density at radius 2 is 2.14 bits per heavy atom. The van der Waals surface area contributed by atoms with Crippen LogP contribution in [0.3, 0.4) is 0 Å². The maximum Gasteiger partial charge on any atom is 0.148 e. The minimum absolute atomic E-state index is 0.117. The predicted molar refractivity (Wildman–Crippen MR) is 109 cm³/mol. The van der Waals surface area contributed by atoms with Crippen molar-refractivity contribution in [1.29, 1.82) is 0 Å². The largest absolute Gasteiger partial charge is 0.411 e. The molecule has 0 radical (unpaired) electrons. The van der Waals surface area contributed by atoms with Gasteiger partial charge in [0.2, 0.25) is 0 Å². The van der Waals surface area contributed by atoms with Crippen molar-refractivity contribution < 1.29 is 5.21 Å². The van der Waals surface area contributed by atoms with E-state index in [2.05, 4.69) is 31.4 Å². The highest BCUT2D eigenvalue weighted by molar-refractivity contribution is 6.31. The van der Waals surface area contributed by atoms with Gasteiger partial charge in [0.1, 0.15) is 23.9 Å². The third-order valence-corrected chi connectivity index (χ3v) is 5.27. The zero-order valence-electron chi connectivity index (χ0n) is 15.0. The number of nitrogen functional groups attached to an aromatic ring is 1. The summed E-state index contributed by atoms with van der Waals surface area (Å²) < 4.78 is 0. The third kappa shape index (κ3) is 2.70. The first-order valence-corrected chi connectivity index (χ1v) is 9.11. The molecule has 2 atom stereocenters. The molecule has 0 saturated carbocycles. The minimum atomic E-state index is -0.153. The van der Waals surface area contributed by atoms with Gasteiger partial charge in [-0.2, -0.15) is 0 Å². The molecule has 4 N–H and O–H groups in total. The van der Waals surface area contributed by atoms with Gasteiger partial charge in [0.25, 0.3) is 0 Å². The molecule has 0 spiro atoms. The van der Waals surface area contributed by atoms with Crippen molar-refractivity contribution in [1.82, 2.24) is 9.88 Å². The van der Waals surface area contributed by atoms with Crippen molar-refractivity contribution in [2.24, 2.45) is 15.1 Å². The lowest BCUT2D eigenvalue weighted by Gasteiger charge is -2.29. The quantitative estimate of drug-likeness (QED) is 0.565. The van der Waals surface area contributed by atoms with Gasteiger partial charge >= 0.3 is 0 Å². The summed E-state index contributed by atoms with van der Waals surface area (Å²) in [4.78, 5) is 15.3. The lowest BCUT2D eigenvalue weighted by Crippen LogP contribution is -2.40. The number of nitrogens with two attached hydrogens (primary N) is 1. The molecule has 0 saturated heterocycles. The van der Waals surface area contributed by atoms with E-state index in [0.717, 1.165) is 41.2 Å². The van der Waals surface area contributed by atoms with Crippen LogP contribution in [-0.4, -0.2) is 39.0 Å². The monoisotopic (exact) mass is 373 g/mol. The molecular weight excluding hydrogens is 354 g/mol. The van der Waals surface area contributed by atoms with Crippen LogP contribution in [0.2, 0.25) is 0 Å². The highest BCUT2D eigenvalue weighted by Gasteiger charge is 2.36. The molecule has 28 heavy (non-hydrogen) atoms. The van der Waals surface area contributed by atoms with Crippen LogP contribution in [0.15, 0.2) is 64.1 Å². The van der Waals surface area contributed by atoms with Gasteiger partial charge in [0, 0.05) is 29.8 Å². The number of rotatable bonds is 3. The molecule has 1 aromatic carbocycles. The second kappa shape index (κ2) is 6.49. The Morgan fingerprint density at radius 3 is 2.96 bits per heavy atom. The Balaban J connectivity index is 1.47. The molecule has 3 heterocycles. The number of oxime groups is 1. The maximum atomic E-state index is 9.14. The molecule has 8 heteroatoms. The van der Waals surface area contributed by atoms with Crippen LogP contribution < -0.4 is 11.1 Å². The number of hydrogen-bond acceptors (Lipinski definition) is 8. The van der Waals surface area contributed by atoms with Crippen LogP contribution >= 0.6 is 0 Å². The van der Waals surface area contributed by atoms with E-state index in [-0.39, 0.29) is 12.2 Å². The number of hydrogen-bond donors (Lipinski definition) is 3. The Labute approximate surface area is 161 Å². The summed E-state index contributed by atoms with van der Waals surface area (Å²) in [6.07, 6.45) is 8.72. The van der Waals surface area contributed by atoms with Crippen LogP contribution in [0.4, 0.5) is 11.5 Å². The lowest BCUT2D eigenvalue weighted by atomic mass is 10.1. The molecule has 0 fully saturated rings. The van der Waals surface area contributed by atoms with Gasteiger partial charge in [-0.3, -0.25) is 9.98 Å². The summed E-state index contributed by atoms with van der Waals surface area (Å²) in [5.74, 6) is 1.29. The molecule has 140 valence electrons. The fourth-order valence-electron chi connectivity index (χ4n) is 3.89. The standard InChI is InChI=1S/C20H19N7O/c21-17-6-2-13(10-23-17)19-20(27-8-7-22-11-18(27)25-19)24-14-3-4-15-12(9-14)1-5-16(15)26-28/h2-4,6-11,19-20,24,28H,1,5H2,(H2,21,23)/b26-16+. The number of nitrogens with zero attached hydrogens (tertiary/aromatic N) is 5. The summed E-state index contributed by atoms with van der Waals surface area (Å²) in [7, 11) is 0. The van der Waals surface area contributed by atoms with Crippen LogP contribution in [0, 0.1) is 0 Å². The Bertz CT molecular complexity index is 1040. The van der Waals surface area contributed by atoms with Crippen LogP contribution in [0.1, 0.15) is 29.2 Å². The van der Waals surface area contributed by atoms with Crippen LogP contribution in [0.25, 0.3) is 0 Å². The van der Waals surface area contributed by atoms with Gasteiger partial charge in [-0.05, 0) is 42.2 Å². The van der Waals surface area contributed by atoms with Crippen molar-refractivity contribution in [3.8, 4) is 0 Å². The van der Waals surface area contributed by atoms with Gasteiger partial charge in [-0.15, -0.1) is 0 Å². The van der Waals surface area contributed by atoms with Crippen molar-refractivity contribution in [3.05, 3.63) is 65.6 Å². The number of aryl methyl sites for hydroxylation is 1. The number of amidine groups is 1. The van der Waals surface area contributed by atoms with Crippen molar-refractivity contribution in [3.63, 3.8) is 0 Å². The third-order valence-electron chi connectivity index (χ3n) is 5.27. The summed E-state index contributed by atoms with van der Waals surface area (Å²) in [6.45, 7) is 0. The Hall–Kier alpha value is -3.68. The summed E-state index contributed by atoms with van der Waals surface area (Å²) in [6, 6.07) is 9.72. The smallest absolute Gasteiger partial charge is 0.148 e. The molecule has 2 aliphatic heterocycles. The average molecular weight is 373 g/mol. The number of pyridine rings is 1. The van der Waals surface area contributed by atoms with Crippen molar-refractivity contribution in [2.45, 2.75) is 25.0 Å². The zero-order chi connectivity index (χ0) is 19.1. The lowest BCUT2D eigenvalue weighted by molar-refractivity contribution is 0.318. The molecule has 0 bridgehead atoms. The molecule has 5 rings (SSSR count). The minimum Gasteiger partial charge on any atom is -0.411 e.